The lowest BCUT2D eigenvalue weighted by atomic mass is 9.79. The number of aliphatic carboxylic acids is 1. The van der Waals surface area contributed by atoms with Crippen molar-refractivity contribution in [2.24, 2.45) is 23.5 Å². The van der Waals surface area contributed by atoms with Gasteiger partial charge in [0, 0.05) is 6.54 Å². The highest BCUT2D eigenvalue weighted by atomic mass is 16.4. The maximum Gasteiger partial charge on any atom is 0.307 e. The van der Waals surface area contributed by atoms with E-state index in [2.05, 4.69) is 6.92 Å². The lowest BCUT2D eigenvalue weighted by molar-refractivity contribution is -0.141. The van der Waals surface area contributed by atoms with Crippen LogP contribution in [0.25, 0.3) is 0 Å². The van der Waals surface area contributed by atoms with Gasteiger partial charge in [-0.3, -0.25) is 4.79 Å². The number of nitrogens with two attached hydrogens (primary N) is 1. The third-order valence-corrected chi connectivity index (χ3v) is 4.34. The molecule has 0 aromatic heterocycles. The highest BCUT2D eigenvalue weighted by Gasteiger charge is 2.20. The van der Waals surface area contributed by atoms with Crippen molar-refractivity contribution in [2.45, 2.75) is 58.3 Å². The molecular weight excluding hydrogens is 214 g/mol. The van der Waals surface area contributed by atoms with Gasteiger partial charge in [0.15, 0.2) is 0 Å². The molecule has 0 saturated heterocycles. The third kappa shape index (κ3) is 5.07. The van der Waals surface area contributed by atoms with Crippen molar-refractivity contribution in [3.8, 4) is 0 Å². The van der Waals surface area contributed by atoms with Crippen LogP contribution in [0.3, 0.4) is 0 Å². The van der Waals surface area contributed by atoms with Crippen LogP contribution in [0.4, 0.5) is 0 Å². The van der Waals surface area contributed by atoms with Crippen LogP contribution >= 0.6 is 0 Å². The van der Waals surface area contributed by atoms with Crippen molar-refractivity contribution < 1.29 is 9.90 Å². The van der Waals surface area contributed by atoms with Crippen LogP contribution in [-0.2, 0) is 4.79 Å². The summed E-state index contributed by atoms with van der Waals surface area (Å²) in [5, 5.41) is 8.94. The Morgan fingerprint density at radius 2 is 2.06 bits per heavy atom. The summed E-state index contributed by atoms with van der Waals surface area (Å²) < 4.78 is 0. The van der Waals surface area contributed by atoms with Crippen molar-refractivity contribution in [3.63, 3.8) is 0 Å². The molecule has 3 heteroatoms. The van der Waals surface area contributed by atoms with Crippen molar-refractivity contribution >= 4 is 5.97 Å². The second kappa shape index (κ2) is 7.70. The number of rotatable bonds is 9. The van der Waals surface area contributed by atoms with Crippen LogP contribution in [-0.4, -0.2) is 17.6 Å². The molecule has 0 aliphatic heterocycles. The number of hydrogen-bond acceptors (Lipinski definition) is 2. The number of carboxylic acid groups (broad SMARTS) is 1. The van der Waals surface area contributed by atoms with Gasteiger partial charge in [-0.25, -0.2) is 0 Å². The summed E-state index contributed by atoms with van der Waals surface area (Å²) in [5.41, 5.74) is 5.47. The summed E-state index contributed by atoms with van der Waals surface area (Å²) in [6, 6.07) is 0. The van der Waals surface area contributed by atoms with Crippen LogP contribution in [0.5, 0.6) is 0 Å². The van der Waals surface area contributed by atoms with E-state index < -0.39 is 5.97 Å². The lowest BCUT2D eigenvalue weighted by Crippen LogP contribution is -2.24. The van der Waals surface area contributed by atoms with Crippen molar-refractivity contribution in [1.82, 2.24) is 0 Å². The number of carbonyl (C=O) groups is 1. The largest absolute Gasteiger partial charge is 0.481 e. The van der Waals surface area contributed by atoms with Crippen molar-refractivity contribution in [3.05, 3.63) is 0 Å². The minimum absolute atomic E-state index is 0.272. The summed E-state index contributed by atoms with van der Waals surface area (Å²) in [7, 11) is 0. The van der Waals surface area contributed by atoms with Crippen LogP contribution in [0.1, 0.15) is 58.3 Å². The van der Waals surface area contributed by atoms with Gasteiger partial charge in [-0.05, 0) is 24.7 Å². The third-order valence-electron chi connectivity index (χ3n) is 4.34. The second-order valence-corrected chi connectivity index (χ2v) is 5.50. The molecule has 0 radical (unpaired) electrons. The van der Waals surface area contributed by atoms with Gasteiger partial charge in [0.1, 0.15) is 0 Å². The van der Waals surface area contributed by atoms with E-state index >= 15 is 0 Å². The first-order valence-corrected chi connectivity index (χ1v) is 7.10. The summed E-state index contributed by atoms with van der Waals surface area (Å²) in [6.07, 6.45) is 9.80. The molecule has 2 atom stereocenters. The van der Waals surface area contributed by atoms with E-state index in [1.54, 1.807) is 0 Å². The molecule has 0 amide bonds. The van der Waals surface area contributed by atoms with Crippen LogP contribution in [0.15, 0.2) is 0 Å². The Morgan fingerprint density at radius 3 is 2.47 bits per heavy atom. The fourth-order valence-electron chi connectivity index (χ4n) is 2.58. The van der Waals surface area contributed by atoms with Crippen LogP contribution in [0.2, 0.25) is 0 Å². The predicted octanol–water partition coefficient (Wildman–Crippen LogP) is 3.03. The standard InChI is InChI=1S/C14H27NO2/c1-2-11(6-7-12-4-3-5-12)8-9-13(10-15)14(16)17/h11-13H,2-10,15H2,1H3,(H,16,17). The first-order valence-electron chi connectivity index (χ1n) is 7.10. The molecule has 17 heavy (non-hydrogen) atoms. The molecule has 3 nitrogen and oxygen atoms in total. The smallest absolute Gasteiger partial charge is 0.307 e. The first kappa shape index (κ1) is 14.5. The Hall–Kier alpha value is -0.570. The van der Waals surface area contributed by atoms with Crippen LogP contribution < -0.4 is 5.73 Å². The zero-order valence-corrected chi connectivity index (χ0v) is 11.0. The summed E-state index contributed by atoms with van der Waals surface area (Å²) in [4.78, 5) is 10.9. The average molecular weight is 241 g/mol. The Morgan fingerprint density at radius 1 is 1.35 bits per heavy atom. The molecule has 0 bridgehead atoms. The highest BCUT2D eigenvalue weighted by Crippen LogP contribution is 2.33. The van der Waals surface area contributed by atoms with E-state index in [0.717, 1.165) is 18.8 Å². The Kier molecular flexibility index (Phi) is 6.56. The first-order chi connectivity index (χ1) is 8.17. The Balaban J connectivity index is 2.18. The number of hydrogen-bond donors (Lipinski definition) is 2. The second-order valence-electron chi connectivity index (χ2n) is 5.50. The van der Waals surface area contributed by atoms with Gasteiger partial charge < -0.3 is 10.8 Å². The SMILES string of the molecule is CCC(CCC1CCC1)CCC(CN)C(=O)O. The van der Waals surface area contributed by atoms with E-state index in [0.29, 0.717) is 5.92 Å². The van der Waals surface area contributed by atoms with E-state index in [9.17, 15) is 4.79 Å². The monoisotopic (exact) mass is 241 g/mol. The molecule has 3 N–H and O–H groups in total. The zero-order chi connectivity index (χ0) is 12.7. The minimum atomic E-state index is -0.735. The van der Waals surface area contributed by atoms with Gasteiger partial charge in [-0.2, -0.15) is 0 Å². The van der Waals surface area contributed by atoms with Gasteiger partial charge in [0.25, 0.3) is 0 Å². The average Bonchev–Trinajstić information content (AvgIpc) is 2.24. The van der Waals surface area contributed by atoms with E-state index in [4.69, 9.17) is 10.8 Å². The summed E-state index contributed by atoms with van der Waals surface area (Å²) in [6.45, 7) is 2.48. The molecule has 1 fully saturated rings. The molecule has 1 rings (SSSR count). The molecule has 0 aromatic carbocycles. The summed E-state index contributed by atoms with van der Waals surface area (Å²) in [5.74, 6) is 0.590. The lowest BCUT2D eigenvalue weighted by Gasteiger charge is -2.27. The molecule has 0 heterocycles. The van der Waals surface area contributed by atoms with E-state index in [-0.39, 0.29) is 12.5 Å². The van der Waals surface area contributed by atoms with Gasteiger partial charge >= 0.3 is 5.97 Å². The van der Waals surface area contributed by atoms with Gasteiger partial charge in [-0.1, -0.05) is 45.4 Å². The van der Waals surface area contributed by atoms with Gasteiger partial charge in [0.05, 0.1) is 5.92 Å². The van der Waals surface area contributed by atoms with E-state index in [1.165, 1.54) is 38.5 Å². The topological polar surface area (TPSA) is 63.3 Å². The van der Waals surface area contributed by atoms with E-state index in [1.807, 2.05) is 0 Å². The fraction of sp³-hybridized carbons (Fsp3) is 0.929. The Bertz CT molecular complexity index is 226. The van der Waals surface area contributed by atoms with Crippen molar-refractivity contribution in [2.75, 3.05) is 6.54 Å². The molecule has 100 valence electrons. The predicted molar refractivity (Wildman–Crippen MR) is 69.8 cm³/mol. The summed E-state index contributed by atoms with van der Waals surface area (Å²) >= 11 is 0. The molecule has 0 spiro atoms. The zero-order valence-electron chi connectivity index (χ0n) is 11.0. The van der Waals surface area contributed by atoms with Gasteiger partial charge in [-0.15, -0.1) is 0 Å². The molecule has 2 unspecified atom stereocenters. The minimum Gasteiger partial charge on any atom is -0.481 e. The molecule has 1 aliphatic carbocycles. The molecule has 1 saturated carbocycles. The fourth-order valence-corrected chi connectivity index (χ4v) is 2.58. The van der Waals surface area contributed by atoms with Crippen molar-refractivity contribution in [1.29, 1.82) is 0 Å². The molecular formula is C14H27NO2. The molecule has 0 aromatic rings. The normalized spacial score (nSPS) is 19.6. The molecule has 1 aliphatic rings. The number of carboxylic acids is 1. The quantitative estimate of drug-likeness (QED) is 0.652. The highest BCUT2D eigenvalue weighted by molar-refractivity contribution is 5.70. The van der Waals surface area contributed by atoms with Gasteiger partial charge in [0.2, 0.25) is 0 Å². The maximum absolute atomic E-state index is 10.9. The maximum atomic E-state index is 10.9. The van der Waals surface area contributed by atoms with Crippen LogP contribution in [0, 0.1) is 17.8 Å². The Labute approximate surface area is 105 Å².